The van der Waals surface area contributed by atoms with Crippen LogP contribution in [0.5, 0.6) is 0 Å². The van der Waals surface area contributed by atoms with Gasteiger partial charge in [-0.15, -0.1) is 0 Å². The number of anilines is 1. The third-order valence-electron chi connectivity index (χ3n) is 4.69. The Morgan fingerprint density at radius 2 is 2.04 bits per heavy atom. The summed E-state index contributed by atoms with van der Waals surface area (Å²) in [6.07, 6.45) is 4.96. The minimum Gasteiger partial charge on any atom is -0.363 e. The van der Waals surface area contributed by atoms with Crippen LogP contribution in [0.1, 0.15) is 29.6 Å². The van der Waals surface area contributed by atoms with Crippen molar-refractivity contribution in [2.24, 2.45) is 0 Å². The molecule has 0 bridgehead atoms. The molecule has 1 aromatic heterocycles. The SMILES string of the molecule is O=C(CN(CC[NH+]1CCCCC1)C(=O)c1cccc(F)c1)Nc1ccon1. The Morgan fingerprint density at radius 1 is 1.22 bits per heavy atom. The maximum Gasteiger partial charge on any atom is 0.254 e. The van der Waals surface area contributed by atoms with E-state index >= 15 is 0 Å². The molecule has 0 saturated carbocycles. The average molecular weight is 375 g/mol. The lowest BCUT2D eigenvalue weighted by molar-refractivity contribution is -0.904. The number of likely N-dealkylation sites (tertiary alicyclic amines) is 1. The lowest BCUT2D eigenvalue weighted by atomic mass is 10.1. The van der Waals surface area contributed by atoms with Crippen LogP contribution < -0.4 is 10.2 Å². The summed E-state index contributed by atoms with van der Waals surface area (Å²) in [4.78, 5) is 28.0. The number of benzene rings is 1. The molecule has 1 aliphatic rings. The van der Waals surface area contributed by atoms with Crippen LogP contribution in [0, 0.1) is 5.82 Å². The molecule has 2 amide bonds. The predicted octanol–water partition coefficient (Wildman–Crippen LogP) is 0.963. The van der Waals surface area contributed by atoms with E-state index < -0.39 is 5.82 Å². The van der Waals surface area contributed by atoms with E-state index in [0.29, 0.717) is 12.4 Å². The number of aromatic nitrogens is 1. The Kier molecular flexibility index (Phi) is 6.54. The molecule has 27 heavy (non-hydrogen) atoms. The third kappa shape index (κ3) is 5.62. The van der Waals surface area contributed by atoms with Crippen LogP contribution in [0.2, 0.25) is 0 Å². The monoisotopic (exact) mass is 375 g/mol. The van der Waals surface area contributed by atoms with Gasteiger partial charge in [-0.3, -0.25) is 9.59 Å². The zero-order valence-corrected chi connectivity index (χ0v) is 15.1. The second kappa shape index (κ2) is 9.27. The largest absolute Gasteiger partial charge is 0.363 e. The van der Waals surface area contributed by atoms with Gasteiger partial charge in [0.05, 0.1) is 26.2 Å². The average Bonchev–Trinajstić information content (AvgIpc) is 3.18. The number of quaternary nitrogens is 1. The van der Waals surface area contributed by atoms with Gasteiger partial charge in [0.25, 0.3) is 5.91 Å². The molecule has 1 fully saturated rings. The molecule has 0 unspecified atom stereocenters. The number of nitrogens with one attached hydrogen (secondary N) is 2. The van der Waals surface area contributed by atoms with Gasteiger partial charge in [0.15, 0.2) is 5.82 Å². The smallest absolute Gasteiger partial charge is 0.254 e. The van der Waals surface area contributed by atoms with Gasteiger partial charge >= 0.3 is 0 Å². The molecular weight excluding hydrogens is 351 g/mol. The van der Waals surface area contributed by atoms with Crippen molar-refractivity contribution in [1.29, 1.82) is 0 Å². The topological polar surface area (TPSA) is 79.9 Å². The van der Waals surface area contributed by atoms with Gasteiger partial charge in [0.1, 0.15) is 18.6 Å². The van der Waals surface area contributed by atoms with Crippen LogP contribution in [0.25, 0.3) is 0 Å². The highest BCUT2D eigenvalue weighted by Gasteiger charge is 2.22. The van der Waals surface area contributed by atoms with Crippen molar-refractivity contribution in [2.75, 3.05) is 38.0 Å². The molecule has 7 nitrogen and oxygen atoms in total. The fourth-order valence-corrected chi connectivity index (χ4v) is 3.28. The van der Waals surface area contributed by atoms with E-state index in [9.17, 15) is 14.0 Å². The van der Waals surface area contributed by atoms with Gasteiger partial charge in [-0.1, -0.05) is 11.2 Å². The number of nitrogens with zero attached hydrogens (tertiary/aromatic N) is 2. The van der Waals surface area contributed by atoms with Gasteiger partial charge in [-0.25, -0.2) is 4.39 Å². The van der Waals surface area contributed by atoms with Crippen molar-refractivity contribution in [1.82, 2.24) is 10.1 Å². The van der Waals surface area contributed by atoms with Crippen LogP contribution in [0.4, 0.5) is 10.2 Å². The lowest BCUT2D eigenvalue weighted by Crippen LogP contribution is -3.13. The van der Waals surface area contributed by atoms with E-state index in [1.165, 1.54) is 59.6 Å². The molecule has 0 atom stereocenters. The molecule has 1 aromatic carbocycles. The Labute approximate surface area is 157 Å². The molecule has 8 heteroatoms. The highest BCUT2D eigenvalue weighted by atomic mass is 19.1. The quantitative estimate of drug-likeness (QED) is 0.756. The molecule has 1 aliphatic heterocycles. The summed E-state index contributed by atoms with van der Waals surface area (Å²) in [6, 6.07) is 7.05. The van der Waals surface area contributed by atoms with Gasteiger partial charge in [0, 0.05) is 11.6 Å². The molecule has 144 valence electrons. The van der Waals surface area contributed by atoms with Crippen molar-refractivity contribution in [3.8, 4) is 0 Å². The van der Waals surface area contributed by atoms with E-state index in [1.807, 2.05) is 0 Å². The standard InChI is InChI=1S/C19H23FN4O3/c20-16-6-4-5-15(13-16)19(26)24(11-10-23-8-2-1-3-9-23)14-18(25)21-17-7-12-27-22-17/h4-7,12-13H,1-3,8-11,14H2,(H,21,22,25)/p+1. The highest BCUT2D eigenvalue weighted by molar-refractivity contribution is 5.99. The summed E-state index contributed by atoms with van der Waals surface area (Å²) in [5, 5.41) is 6.22. The van der Waals surface area contributed by atoms with Crippen LogP contribution in [-0.4, -0.2) is 54.6 Å². The maximum absolute atomic E-state index is 13.5. The number of hydrogen-bond donors (Lipinski definition) is 2. The molecule has 3 rings (SSSR count). The zero-order valence-electron chi connectivity index (χ0n) is 15.1. The third-order valence-corrected chi connectivity index (χ3v) is 4.69. The number of amides is 2. The van der Waals surface area contributed by atoms with E-state index in [0.717, 1.165) is 19.6 Å². The zero-order chi connectivity index (χ0) is 19.1. The van der Waals surface area contributed by atoms with Gasteiger partial charge < -0.3 is 19.6 Å². The van der Waals surface area contributed by atoms with Crippen LogP contribution >= 0.6 is 0 Å². The van der Waals surface area contributed by atoms with Gasteiger partial charge in [0.2, 0.25) is 5.91 Å². The first kappa shape index (κ1) is 19.0. The summed E-state index contributed by atoms with van der Waals surface area (Å²) in [6.45, 7) is 3.21. The summed E-state index contributed by atoms with van der Waals surface area (Å²) in [5.41, 5.74) is 0.234. The highest BCUT2D eigenvalue weighted by Crippen LogP contribution is 2.08. The van der Waals surface area contributed by atoms with Gasteiger partial charge in [-0.05, 0) is 37.5 Å². The van der Waals surface area contributed by atoms with Crippen molar-refractivity contribution in [2.45, 2.75) is 19.3 Å². The minimum atomic E-state index is -0.477. The number of rotatable bonds is 7. The Hall–Kier alpha value is -2.74. The molecule has 0 aliphatic carbocycles. The van der Waals surface area contributed by atoms with E-state index in [4.69, 9.17) is 0 Å². The fraction of sp³-hybridized carbons (Fsp3) is 0.421. The second-order valence-corrected chi connectivity index (χ2v) is 6.73. The summed E-state index contributed by atoms with van der Waals surface area (Å²) in [7, 11) is 0. The Bertz CT molecular complexity index is 760. The normalized spacial score (nSPS) is 14.7. The first-order valence-electron chi connectivity index (χ1n) is 9.20. The predicted molar refractivity (Wildman–Crippen MR) is 96.9 cm³/mol. The maximum atomic E-state index is 13.5. The van der Waals surface area contributed by atoms with Crippen LogP contribution in [0.3, 0.4) is 0 Å². The van der Waals surface area contributed by atoms with Crippen LogP contribution in [0.15, 0.2) is 41.1 Å². The summed E-state index contributed by atoms with van der Waals surface area (Å²) < 4.78 is 18.2. The first-order valence-corrected chi connectivity index (χ1v) is 9.20. The van der Waals surface area contributed by atoms with Crippen molar-refractivity contribution in [3.63, 3.8) is 0 Å². The van der Waals surface area contributed by atoms with Crippen molar-refractivity contribution >= 4 is 17.6 Å². The lowest BCUT2D eigenvalue weighted by Gasteiger charge is -2.27. The first-order chi connectivity index (χ1) is 13.1. The van der Waals surface area contributed by atoms with Gasteiger partial charge in [-0.2, -0.15) is 0 Å². The number of hydrogen-bond acceptors (Lipinski definition) is 4. The molecule has 2 aromatic rings. The van der Waals surface area contributed by atoms with Crippen molar-refractivity contribution in [3.05, 3.63) is 48.0 Å². The summed E-state index contributed by atoms with van der Waals surface area (Å²) in [5.74, 6) is -0.919. The number of piperidine rings is 1. The molecule has 2 N–H and O–H groups in total. The molecule has 0 spiro atoms. The van der Waals surface area contributed by atoms with E-state index in [2.05, 4.69) is 15.0 Å². The number of halogens is 1. The number of carbonyl (C=O) groups excluding carboxylic acids is 2. The minimum absolute atomic E-state index is 0.129. The summed E-state index contributed by atoms with van der Waals surface area (Å²) >= 11 is 0. The second-order valence-electron chi connectivity index (χ2n) is 6.73. The molecule has 1 saturated heterocycles. The molecule has 2 heterocycles. The number of carbonyl (C=O) groups is 2. The van der Waals surface area contributed by atoms with E-state index in [1.54, 1.807) is 6.07 Å². The molecular formula is C19H24FN4O3+. The Morgan fingerprint density at radius 3 is 2.74 bits per heavy atom. The molecule has 0 radical (unpaired) electrons. The fourth-order valence-electron chi connectivity index (χ4n) is 3.28. The van der Waals surface area contributed by atoms with Crippen molar-refractivity contribution < 1.29 is 23.4 Å². The Balaban J connectivity index is 1.66. The van der Waals surface area contributed by atoms with Crippen LogP contribution in [-0.2, 0) is 4.79 Å². The van der Waals surface area contributed by atoms with E-state index in [-0.39, 0.29) is 23.9 Å².